The van der Waals surface area contributed by atoms with Crippen molar-refractivity contribution in [2.45, 2.75) is 6.42 Å². The van der Waals surface area contributed by atoms with E-state index < -0.39 is 0 Å². The van der Waals surface area contributed by atoms with E-state index in [0.29, 0.717) is 17.5 Å². The Morgan fingerprint density at radius 1 is 1.62 bits per heavy atom. The van der Waals surface area contributed by atoms with E-state index >= 15 is 0 Å². The number of anilines is 1. The van der Waals surface area contributed by atoms with Crippen molar-refractivity contribution in [3.05, 3.63) is 11.3 Å². The highest BCUT2D eigenvalue weighted by molar-refractivity contribution is 6.31. The van der Waals surface area contributed by atoms with Gasteiger partial charge < -0.3 is 9.64 Å². The molecule has 5 heteroatoms. The molecule has 0 amide bonds. The largest absolute Gasteiger partial charge is 0.488 e. The molecule has 0 aromatic carbocycles. The molecule has 4 nitrogen and oxygen atoms in total. The Labute approximate surface area is 81.5 Å². The number of nitrogens with zero attached hydrogens (tertiary/aromatic N) is 3. The van der Waals surface area contributed by atoms with E-state index in [1.807, 2.05) is 7.05 Å². The van der Waals surface area contributed by atoms with E-state index in [4.69, 9.17) is 16.3 Å². The summed E-state index contributed by atoms with van der Waals surface area (Å²) in [7, 11) is 1.99. The van der Waals surface area contributed by atoms with E-state index in [9.17, 15) is 0 Å². The maximum atomic E-state index is 5.85. The SMILES string of the molecule is CN1CCCOc2c1cnnc2Cl. The molecule has 13 heavy (non-hydrogen) atoms. The van der Waals surface area contributed by atoms with Crippen LogP contribution in [0.2, 0.25) is 5.15 Å². The maximum absolute atomic E-state index is 5.85. The highest BCUT2D eigenvalue weighted by Crippen LogP contribution is 2.33. The van der Waals surface area contributed by atoms with Crippen LogP contribution in [0.5, 0.6) is 5.75 Å². The van der Waals surface area contributed by atoms with Gasteiger partial charge in [0.1, 0.15) is 5.69 Å². The van der Waals surface area contributed by atoms with Crippen LogP contribution in [0.1, 0.15) is 6.42 Å². The monoisotopic (exact) mass is 199 g/mol. The molecule has 0 radical (unpaired) electrons. The molecule has 0 bridgehead atoms. The quantitative estimate of drug-likeness (QED) is 0.632. The molecule has 0 N–H and O–H groups in total. The highest BCUT2D eigenvalue weighted by Gasteiger charge is 2.17. The van der Waals surface area contributed by atoms with Crippen LogP contribution in [-0.2, 0) is 0 Å². The Morgan fingerprint density at radius 2 is 2.46 bits per heavy atom. The number of halogens is 1. The van der Waals surface area contributed by atoms with Crippen molar-refractivity contribution in [3.63, 3.8) is 0 Å². The van der Waals surface area contributed by atoms with Gasteiger partial charge in [0.25, 0.3) is 0 Å². The number of fused-ring (bicyclic) bond motifs is 1. The summed E-state index contributed by atoms with van der Waals surface area (Å²) in [5.41, 5.74) is 0.914. The summed E-state index contributed by atoms with van der Waals surface area (Å²) in [5.74, 6) is 0.650. The number of hydrogen-bond donors (Lipinski definition) is 0. The second kappa shape index (κ2) is 3.38. The number of rotatable bonds is 0. The molecular formula is C8H10ClN3O. The smallest absolute Gasteiger partial charge is 0.195 e. The van der Waals surface area contributed by atoms with Gasteiger partial charge in [0.15, 0.2) is 10.9 Å². The highest BCUT2D eigenvalue weighted by atomic mass is 35.5. The molecule has 0 fully saturated rings. The van der Waals surface area contributed by atoms with Gasteiger partial charge in [-0.2, -0.15) is 5.10 Å². The van der Waals surface area contributed by atoms with Crippen molar-refractivity contribution < 1.29 is 4.74 Å². The molecule has 0 spiro atoms. The normalized spacial score (nSPS) is 16.0. The number of hydrogen-bond acceptors (Lipinski definition) is 4. The van der Waals surface area contributed by atoms with Crippen LogP contribution in [0, 0.1) is 0 Å². The van der Waals surface area contributed by atoms with Gasteiger partial charge in [-0.25, -0.2) is 0 Å². The third-order valence-electron chi connectivity index (χ3n) is 2.04. The molecular weight excluding hydrogens is 190 g/mol. The van der Waals surface area contributed by atoms with E-state index in [1.54, 1.807) is 6.20 Å². The zero-order valence-electron chi connectivity index (χ0n) is 7.33. The van der Waals surface area contributed by atoms with Crippen molar-refractivity contribution in [2.24, 2.45) is 0 Å². The molecule has 1 aromatic rings. The van der Waals surface area contributed by atoms with Crippen LogP contribution < -0.4 is 9.64 Å². The summed E-state index contributed by atoms with van der Waals surface area (Å²) in [5, 5.41) is 7.86. The minimum Gasteiger partial charge on any atom is -0.488 e. The van der Waals surface area contributed by atoms with Gasteiger partial charge >= 0.3 is 0 Å². The Kier molecular flexibility index (Phi) is 2.22. The predicted molar refractivity (Wildman–Crippen MR) is 50.4 cm³/mol. The van der Waals surface area contributed by atoms with E-state index in [2.05, 4.69) is 15.1 Å². The van der Waals surface area contributed by atoms with Crippen molar-refractivity contribution in [2.75, 3.05) is 25.1 Å². The van der Waals surface area contributed by atoms with Gasteiger partial charge in [-0.15, -0.1) is 5.10 Å². The van der Waals surface area contributed by atoms with Crippen molar-refractivity contribution >= 4 is 17.3 Å². The summed E-state index contributed by atoms with van der Waals surface area (Å²) < 4.78 is 5.47. The summed E-state index contributed by atoms with van der Waals surface area (Å²) in [6, 6.07) is 0. The van der Waals surface area contributed by atoms with E-state index in [0.717, 1.165) is 18.7 Å². The first-order valence-corrected chi connectivity index (χ1v) is 4.52. The first-order valence-electron chi connectivity index (χ1n) is 4.14. The average molecular weight is 200 g/mol. The van der Waals surface area contributed by atoms with Gasteiger partial charge in [-0.3, -0.25) is 0 Å². The van der Waals surface area contributed by atoms with Crippen LogP contribution in [0.15, 0.2) is 6.20 Å². The molecule has 1 aromatic heterocycles. The standard InChI is InChI=1S/C8H10ClN3O/c1-12-3-2-4-13-7-6(12)5-10-11-8(7)9/h5H,2-4H2,1H3. The molecule has 70 valence electrons. The average Bonchev–Trinajstić information content (AvgIpc) is 2.30. The molecule has 0 saturated carbocycles. The van der Waals surface area contributed by atoms with Gasteiger partial charge in [-0.1, -0.05) is 11.6 Å². The molecule has 0 atom stereocenters. The van der Waals surface area contributed by atoms with Crippen LogP contribution in [0.4, 0.5) is 5.69 Å². The van der Waals surface area contributed by atoms with Crippen LogP contribution >= 0.6 is 11.6 Å². The zero-order chi connectivity index (χ0) is 9.26. The molecule has 2 heterocycles. The molecule has 2 rings (SSSR count). The van der Waals surface area contributed by atoms with Crippen molar-refractivity contribution in [1.82, 2.24) is 10.2 Å². The van der Waals surface area contributed by atoms with Crippen LogP contribution in [0.3, 0.4) is 0 Å². The second-order valence-electron chi connectivity index (χ2n) is 2.97. The minimum absolute atomic E-state index is 0.339. The topological polar surface area (TPSA) is 38.2 Å². The van der Waals surface area contributed by atoms with Crippen molar-refractivity contribution in [1.29, 1.82) is 0 Å². The lowest BCUT2D eigenvalue weighted by Gasteiger charge is -2.16. The van der Waals surface area contributed by atoms with E-state index in [-0.39, 0.29) is 0 Å². The maximum Gasteiger partial charge on any atom is 0.195 e. The first kappa shape index (κ1) is 8.56. The second-order valence-corrected chi connectivity index (χ2v) is 3.33. The third kappa shape index (κ3) is 1.54. The fourth-order valence-corrected chi connectivity index (χ4v) is 1.54. The summed E-state index contributed by atoms with van der Waals surface area (Å²) in [4.78, 5) is 2.07. The Hall–Kier alpha value is -1.03. The molecule has 0 saturated heterocycles. The van der Waals surface area contributed by atoms with E-state index in [1.165, 1.54) is 0 Å². The molecule has 1 aliphatic heterocycles. The van der Waals surface area contributed by atoms with Crippen LogP contribution in [0.25, 0.3) is 0 Å². The molecule has 0 unspecified atom stereocenters. The Morgan fingerprint density at radius 3 is 3.31 bits per heavy atom. The van der Waals surface area contributed by atoms with Gasteiger partial charge in [-0.05, 0) is 6.42 Å². The number of aromatic nitrogens is 2. The lowest BCUT2D eigenvalue weighted by molar-refractivity contribution is 0.321. The Bertz CT molecular complexity index is 318. The third-order valence-corrected chi connectivity index (χ3v) is 2.29. The summed E-state index contributed by atoms with van der Waals surface area (Å²) in [6.07, 6.45) is 2.66. The summed E-state index contributed by atoms with van der Waals surface area (Å²) >= 11 is 5.85. The fraction of sp³-hybridized carbons (Fsp3) is 0.500. The Balaban J connectivity index is 2.47. The zero-order valence-corrected chi connectivity index (χ0v) is 8.08. The lowest BCUT2D eigenvalue weighted by atomic mass is 10.4. The summed E-state index contributed by atoms with van der Waals surface area (Å²) in [6.45, 7) is 1.64. The van der Waals surface area contributed by atoms with Crippen molar-refractivity contribution in [3.8, 4) is 5.75 Å². The van der Waals surface area contributed by atoms with Gasteiger partial charge in [0.2, 0.25) is 0 Å². The molecule has 0 aliphatic carbocycles. The first-order chi connectivity index (χ1) is 6.29. The predicted octanol–water partition coefficient (Wildman–Crippen LogP) is 1.35. The number of ether oxygens (including phenoxy) is 1. The fourth-order valence-electron chi connectivity index (χ4n) is 1.35. The minimum atomic E-state index is 0.339. The van der Waals surface area contributed by atoms with Crippen LogP contribution in [-0.4, -0.2) is 30.4 Å². The lowest BCUT2D eigenvalue weighted by Crippen LogP contribution is -2.17. The van der Waals surface area contributed by atoms with Gasteiger partial charge in [0, 0.05) is 13.6 Å². The van der Waals surface area contributed by atoms with Gasteiger partial charge in [0.05, 0.1) is 12.8 Å². The molecule has 1 aliphatic rings.